The monoisotopic (exact) mass is 219 g/mol. The molecule has 16 heavy (non-hydrogen) atoms. The summed E-state index contributed by atoms with van der Waals surface area (Å²) in [5.41, 5.74) is 7.98. The Hall–Kier alpha value is -0.930. The fourth-order valence-electron chi connectivity index (χ4n) is 2.15. The van der Waals surface area contributed by atoms with Gasteiger partial charge >= 0.3 is 0 Å². The Bertz CT molecular complexity index is 347. The van der Waals surface area contributed by atoms with Crippen molar-refractivity contribution in [3.05, 3.63) is 29.6 Å². The van der Waals surface area contributed by atoms with Gasteiger partial charge in [0, 0.05) is 25.3 Å². The quantitative estimate of drug-likeness (QED) is 0.820. The van der Waals surface area contributed by atoms with E-state index in [0.29, 0.717) is 12.6 Å². The van der Waals surface area contributed by atoms with E-state index in [-0.39, 0.29) is 0 Å². The Kier molecular flexibility index (Phi) is 3.56. The summed E-state index contributed by atoms with van der Waals surface area (Å²) in [5.74, 6) is 0.906. The molecule has 1 unspecified atom stereocenters. The highest BCUT2D eigenvalue weighted by molar-refractivity contribution is 5.19. The highest BCUT2D eigenvalue weighted by Gasteiger charge is 2.30. The minimum atomic E-state index is 0.530. The second-order valence-corrected chi connectivity index (χ2v) is 4.81. The van der Waals surface area contributed by atoms with Crippen molar-refractivity contribution in [1.29, 1.82) is 0 Å². The first-order chi connectivity index (χ1) is 7.72. The molecule has 3 nitrogen and oxygen atoms in total. The van der Waals surface area contributed by atoms with Gasteiger partial charge in [-0.1, -0.05) is 6.07 Å². The number of hydrogen-bond donors (Lipinski definition) is 1. The standard InChI is InChI=1S/C13H21N3/c1-10(11-5-6-11)16(2)9-12-4-3-7-15-13(12)8-14/h3-4,7,10-11H,5-6,8-9,14H2,1-2H3. The zero-order chi connectivity index (χ0) is 11.5. The Morgan fingerprint density at radius 1 is 1.56 bits per heavy atom. The van der Waals surface area contributed by atoms with Gasteiger partial charge in [0.1, 0.15) is 0 Å². The maximum atomic E-state index is 5.69. The molecule has 1 aliphatic carbocycles. The van der Waals surface area contributed by atoms with Gasteiger partial charge in [0.05, 0.1) is 5.69 Å². The summed E-state index contributed by atoms with van der Waals surface area (Å²) in [6.45, 7) is 3.80. The van der Waals surface area contributed by atoms with E-state index in [1.54, 1.807) is 0 Å². The Labute approximate surface area is 97.7 Å². The van der Waals surface area contributed by atoms with E-state index in [1.807, 2.05) is 12.3 Å². The molecule has 0 saturated heterocycles. The van der Waals surface area contributed by atoms with E-state index in [1.165, 1.54) is 18.4 Å². The zero-order valence-corrected chi connectivity index (χ0v) is 10.2. The fraction of sp³-hybridized carbons (Fsp3) is 0.615. The van der Waals surface area contributed by atoms with Crippen LogP contribution in [0.3, 0.4) is 0 Å². The first-order valence-corrected chi connectivity index (χ1v) is 6.05. The molecule has 1 saturated carbocycles. The molecule has 88 valence electrons. The lowest BCUT2D eigenvalue weighted by molar-refractivity contribution is 0.225. The number of aromatic nitrogens is 1. The third kappa shape index (κ3) is 2.60. The fourth-order valence-corrected chi connectivity index (χ4v) is 2.15. The molecule has 2 rings (SSSR count). The molecule has 1 heterocycles. The lowest BCUT2D eigenvalue weighted by Gasteiger charge is -2.25. The molecule has 1 aliphatic rings. The van der Waals surface area contributed by atoms with Crippen LogP contribution < -0.4 is 5.73 Å². The molecule has 3 heteroatoms. The van der Waals surface area contributed by atoms with Gasteiger partial charge in [-0.15, -0.1) is 0 Å². The molecule has 1 aromatic heterocycles. The van der Waals surface area contributed by atoms with Crippen LogP contribution in [0.5, 0.6) is 0 Å². The highest BCUT2D eigenvalue weighted by Crippen LogP contribution is 2.35. The first-order valence-electron chi connectivity index (χ1n) is 6.05. The molecular formula is C13H21N3. The van der Waals surface area contributed by atoms with E-state index >= 15 is 0 Å². The van der Waals surface area contributed by atoms with Crippen LogP contribution in [0.15, 0.2) is 18.3 Å². The average molecular weight is 219 g/mol. The van der Waals surface area contributed by atoms with Gasteiger partial charge < -0.3 is 5.73 Å². The van der Waals surface area contributed by atoms with E-state index in [4.69, 9.17) is 5.73 Å². The summed E-state index contributed by atoms with van der Waals surface area (Å²) in [6, 6.07) is 4.79. The van der Waals surface area contributed by atoms with Gasteiger partial charge in [0.25, 0.3) is 0 Å². The van der Waals surface area contributed by atoms with Gasteiger partial charge in [-0.3, -0.25) is 9.88 Å². The lowest BCUT2D eigenvalue weighted by atomic mass is 10.1. The largest absolute Gasteiger partial charge is 0.325 e. The van der Waals surface area contributed by atoms with Gasteiger partial charge in [-0.05, 0) is 44.4 Å². The minimum Gasteiger partial charge on any atom is -0.325 e. The smallest absolute Gasteiger partial charge is 0.0584 e. The Morgan fingerprint density at radius 2 is 2.31 bits per heavy atom. The number of rotatable bonds is 5. The van der Waals surface area contributed by atoms with Crippen molar-refractivity contribution in [3.8, 4) is 0 Å². The van der Waals surface area contributed by atoms with Crippen LogP contribution in [-0.4, -0.2) is 23.0 Å². The van der Waals surface area contributed by atoms with Crippen molar-refractivity contribution in [1.82, 2.24) is 9.88 Å². The summed E-state index contributed by atoms with van der Waals surface area (Å²) in [5, 5.41) is 0. The molecule has 0 aliphatic heterocycles. The molecule has 0 bridgehead atoms. The molecular weight excluding hydrogens is 198 g/mol. The van der Waals surface area contributed by atoms with Crippen molar-refractivity contribution in [2.45, 2.75) is 38.9 Å². The Morgan fingerprint density at radius 3 is 2.94 bits per heavy atom. The van der Waals surface area contributed by atoms with Gasteiger partial charge in [-0.25, -0.2) is 0 Å². The predicted molar refractivity (Wildman–Crippen MR) is 65.8 cm³/mol. The third-order valence-corrected chi connectivity index (χ3v) is 3.60. The molecule has 0 amide bonds. The second-order valence-electron chi connectivity index (χ2n) is 4.81. The van der Waals surface area contributed by atoms with E-state index in [9.17, 15) is 0 Å². The maximum Gasteiger partial charge on any atom is 0.0584 e. The minimum absolute atomic E-state index is 0.530. The normalized spacial score (nSPS) is 17.8. The second kappa shape index (κ2) is 4.93. The number of nitrogens with zero attached hydrogens (tertiary/aromatic N) is 2. The van der Waals surface area contributed by atoms with Gasteiger partial charge in [0.15, 0.2) is 0 Å². The third-order valence-electron chi connectivity index (χ3n) is 3.60. The molecule has 1 aromatic rings. The first kappa shape index (κ1) is 11.6. The molecule has 0 aromatic carbocycles. The van der Waals surface area contributed by atoms with Crippen LogP contribution in [0.2, 0.25) is 0 Å². The van der Waals surface area contributed by atoms with Crippen molar-refractivity contribution in [3.63, 3.8) is 0 Å². The number of hydrogen-bond acceptors (Lipinski definition) is 3. The molecule has 0 radical (unpaired) electrons. The average Bonchev–Trinajstić information content (AvgIpc) is 3.12. The molecule has 0 spiro atoms. The molecule has 1 fully saturated rings. The lowest BCUT2D eigenvalue weighted by Crippen LogP contribution is -2.30. The number of pyridine rings is 1. The zero-order valence-electron chi connectivity index (χ0n) is 10.2. The Balaban J connectivity index is 2.01. The van der Waals surface area contributed by atoms with Gasteiger partial charge in [-0.2, -0.15) is 0 Å². The number of nitrogens with two attached hydrogens (primary N) is 1. The van der Waals surface area contributed by atoms with Crippen molar-refractivity contribution in [2.75, 3.05) is 7.05 Å². The topological polar surface area (TPSA) is 42.2 Å². The highest BCUT2D eigenvalue weighted by atomic mass is 15.1. The van der Waals surface area contributed by atoms with E-state index < -0.39 is 0 Å². The summed E-state index contributed by atoms with van der Waals surface area (Å²) in [7, 11) is 2.19. The maximum absolute atomic E-state index is 5.69. The SMILES string of the molecule is CC(C1CC1)N(C)Cc1cccnc1CN. The summed E-state index contributed by atoms with van der Waals surface area (Å²) >= 11 is 0. The summed E-state index contributed by atoms with van der Waals surface area (Å²) < 4.78 is 0. The van der Waals surface area contributed by atoms with E-state index in [0.717, 1.165) is 18.2 Å². The van der Waals surface area contributed by atoms with Gasteiger partial charge in [0.2, 0.25) is 0 Å². The summed E-state index contributed by atoms with van der Waals surface area (Å²) in [6.07, 6.45) is 4.60. The van der Waals surface area contributed by atoms with Crippen molar-refractivity contribution >= 4 is 0 Å². The predicted octanol–water partition coefficient (Wildman–Crippen LogP) is 1.77. The van der Waals surface area contributed by atoms with Crippen LogP contribution >= 0.6 is 0 Å². The van der Waals surface area contributed by atoms with Crippen LogP contribution in [-0.2, 0) is 13.1 Å². The summed E-state index contributed by atoms with van der Waals surface area (Å²) in [4.78, 5) is 6.73. The van der Waals surface area contributed by atoms with Crippen LogP contribution in [0.25, 0.3) is 0 Å². The van der Waals surface area contributed by atoms with Crippen molar-refractivity contribution in [2.24, 2.45) is 11.7 Å². The van der Waals surface area contributed by atoms with Crippen LogP contribution in [0.1, 0.15) is 31.0 Å². The molecule has 1 atom stereocenters. The van der Waals surface area contributed by atoms with Crippen LogP contribution in [0.4, 0.5) is 0 Å². The van der Waals surface area contributed by atoms with E-state index in [2.05, 4.69) is 29.9 Å². The van der Waals surface area contributed by atoms with Crippen molar-refractivity contribution < 1.29 is 0 Å². The van der Waals surface area contributed by atoms with Crippen LogP contribution in [0, 0.1) is 5.92 Å². The molecule has 2 N–H and O–H groups in total.